The van der Waals surface area contributed by atoms with Gasteiger partial charge in [-0.05, 0) is 43.7 Å². The predicted molar refractivity (Wildman–Crippen MR) is 101 cm³/mol. The maximum atomic E-state index is 12.9. The van der Waals surface area contributed by atoms with Gasteiger partial charge in [0.1, 0.15) is 11.3 Å². The predicted octanol–water partition coefficient (Wildman–Crippen LogP) is 2.54. The highest BCUT2D eigenvalue weighted by atomic mass is 16.4. The van der Waals surface area contributed by atoms with Gasteiger partial charge in [0.2, 0.25) is 5.91 Å². The fourth-order valence-corrected chi connectivity index (χ4v) is 3.78. The lowest BCUT2D eigenvalue weighted by Crippen LogP contribution is -2.46. The van der Waals surface area contributed by atoms with Crippen LogP contribution in [0.25, 0.3) is 0 Å². The fourth-order valence-electron chi connectivity index (χ4n) is 3.78. The van der Waals surface area contributed by atoms with E-state index < -0.39 is 17.4 Å². The Hall–Kier alpha value is -2.86. The Morgan fingerprint density at radius 1 is 1.15 bits per heavy atom. The minimum atomic E-state index is -1.11. The molecule has 0 spiro atoms. The molecule has 3 atom stereocenters. The lowest BCUT2D eigenvalue weighted by atomic mass is 9.89. The molecule has 3 N–H and O–H groups in total. The second-order valence-corrected chi connectivity index (χ2v) is 7.24. The minimum absolute atomic E-state index is 0.170. The number of aromatic hydroxyl groups is 1. The summed E-state index contributed by atoms with van der Waals surface area (Å²) in [6.07, 6.45) is 0.236. The Balaban J connectivity index is 1.82. The quantitative estimate of drug-likeness (QED) is 0.755. The van der Waals surface area contributed by atoms with Crippen LogP contribution in [-0.4, -0.2) is 39.6 Å². The van der Waals surface area contributed by atoms with Gasteiger partial charge in [-0.15, -0.1) is 0 Å². The summed E-state index contributed by atoms with van der Waals surface area (Å²) in [6, 6.07) is 15.8. The summed E-state index contributed by atoms with van der Waals surface area (Å²) in [5, 5.41) is 22.0. The molecule has 2 aromatic rings. The number of carboxylic acids is 1. The number of nitrogens with zero attached hydrogens (tertiary/aromatic N) is 1. The first-order valence-corrected chi connectivity index (χ1v) is 8.90. The van der Waals surface area contributed by atoms with Crippen molar-refractivity contribution < 1.29 is 19.8 Å². The molecular formula is C21H24N2O4. The number of phenolic OH excluding ortho intramolecular Hbond substituents is 1. The number of nitrogens with one attached hydrogen (secondary N) is 1. The number of hydrogen-bond donors (Lipinski definition) is 3. The fraction of sp³-hybridized carbons (Fsp3) is 0.333. The topological polar surface area (TPSA) is 89.9 Å². The second kappa shape index (κ2) is 7.40. The zero-order chi connectivity index (χ0) is 19.6. The van der Waals surface area contributed by atoms with Crippen molar-refractivity contribution in [1.29, 1.82) is 0 Å². The molecule has 0 unspecified atom stereocenters. The van der Waals surface area contributed by atoms with Gasteiger partial charge in [0.05, 0.1) is 5.92 Å². The van der Waals surface area contributed by atoms with Crippen LogP contribution in [0.2, 0.25) is 0 Å². The summed E-state index contributed by atoms with van der Waals surface area (Å²) in [7, 11) is 1.76. The van der Waals surface area contributed by atoms with Gasteiger partial charge < -0.3 is 15.5 Å². The average molecular weight is 368 g/mol. The van der Waals surface area contributed by atoms with E-state index in [0.717, 1.165) is 11.1 Å². The van der Waals surface area contributed by atoms with Gasteiger partial charge >= 0.3 is 5.97 Å². The lowest BCUT2D eigenvalue weighted by Gasteiger charge is -2.32. The lowest BCUT2D eigenvalue weighted by molar-refractivity contribution is -0.148. The van der Waals surface area contributed by atoms with Gasteiger partial charge in [-0.1, -0.05) is 42.5 Å². The summed E-state index contributed by atoms with van der Waals surface area (Å²) >= 11 is 0. The number of phenols is 1. The molecule has 1 heterocycles. The number of carbonyl (C=O) groups excluding carboxylic acids is 1. The van der Waals surface area contributed by atoms with Crippen molar-refractivity contribution >= 4 is 11.9 Å². The molecule has 0 saturated carbocycles. The number of carbonyl (C=O) groups is 2. The Bertz CT molecular complexity index is 822. The Kier molecular flexibility index (Phi) is 5.19. The van der Waals surface area contributed by atoms with Crippen LogP contribution in [0.1, 0.15) is 30.5 Å². The first-order valence-electron chi connectivity index (χ1n) is 8.90. The Labute approximate surface area is 158 Å². The molecule has 142 valence electrons. The number of carboxylic acid groups (broad SMARTS) is 1. The monoisotopic (exact) mass is 368 g/mol. The molecule has 27 heavy (non-hydrogen) atoms. The van der Waals surface area contributed by atoms with Gasteiger partial charge in [-0.3, -0.25) is 14.5 Å². The average Bonchev–Trinajstić information content (AvgIpc) is 2.94. The van der Waals surface area contributed by atoms with Crippen molar-refractivity contribution in [2.45, 2.75) is 31.5 Å². The van der Waals surface area contributed by atoms with E-state index in [1.54, 1.807) is 43.1 Å². The van der Waals surface area contributed by atoms with Gasteiger partial charge in [-0.2, -0.15) is 0 Å². The highest BCUT2D eigenvalue weighted by Gasteiger charge is 2.54. The smallest absolute Gasteiger partial charge is 0.323 e. The highest BCUT2D eigenvalue weighted by Crippen LogP contribution is 2.45. The molecule has 1 amide bonds. The van der Waals surface area contributed by atoms with Gasteiger partial charge in [0, 0.05) is 12.6 Å². The largest absolute Gasteiger partial charge is 0.508 e. The van der Waals surface area contributed by atoms with Crippen molar-refractivity contribution in [2.24, 2.45) is 5.92 Å². The summed E-state index contributed by atoms with van der Waals surface area (Å²) in [4.78, 5) is 26.6. The third-order valence-corrected chi connectivity index (χ3v) is 5.54. The number of likely N-dealkylation sites (tertiary alicyclic amines) is 1. The second-order valence-electron chi connectivity index (χ2n) is 7.24. The Morgan fingerprint density at radius 2 is 1.78 bits per heavy atom. The van der Waals surface area contributed by atoms with E-state index in [2.05, 4.69) is 5.32 Å². The SMILES string of the molecule is CN1[C@H](c2ccccc2)[C@H](C(=O)NCc2ccc(O)cc2)C[C@]1(C)C(=O)O. The zero-order valence-corrected chi connectivity index (χ0v) is 15.4. The standard InChI is InChI=1S/C21H24N2O4/c1-21(20(26)27)12-17(18(23(21)2)15-6-4-3-5-7-15)19(25)22-13-14-8-10-16(24)11-9-14/h3-11,17-18,24H,12-13H2,1-2H3,(H,22,25)(H,26,27)/t17-,18-,21-/m1/s1. The van der Waals surface area contributed by atoms with Gasteiger partial charge in [0.25, 0.3) is 0 Å². The van der Waals surface area contributed by atoms with Gasteiger partial charge in [0.15, 0.2) is 0 Å². The van der Waals surface area contributed by atoms with Crippen LogP contribution in [0.4, 0.5) is 0 Å². The molecule has 0 aromatic heterocycles. The van der Waals surface area contributed by atoms with Crippen molar-refractivity contribution in [3.05, 3.63) is 65.7 Å². The molecule has 0 aliphatic carbocycles. The number of hydrogen-bond acceptors (Lipinski definition) is 4. The molecule has 1 aliphatic heterocycles. The summed E-state index contributed by atoms with van der Waals surface area (Å²) in [6.45, 7) is 1.99. The van der Waals surface area contributed by atoms with Crippen molar-refractivity contribution in [2.75, 3.05) is 7.05 Å². The third-order valence-electron chi connectivity index (χ3n) is 5.54. The molecule has 6 heteroatoms. The molecule has 1 aliphatic rings. The third kappa shape index (κ3) is 3.66. The summed E-state index contributed by atoms with van der Waals surface area (Å²) in [5.41, 5.74) is 0.681. The molecule has 6 nitrogen and oxygen atoms in total. The van der Waals surface area contributed by atoms with E-state index in [1.807, 2.05) is 30.3 Å². The molecule has 0 bridgehead atoms. The van der Waals surface area contributed by atoms with Crippen molar-refractivity contribution in [1.82, 2.24) is 10.2 Å². The maximum Gasteiger partial charge on any atom is 0.323 e. The van der Waals surface area contributed by atoms with Crippen LogP contribution < -0.4 is 5.32 Å². The minimum Gasteiger partial charge on any atom is -0.508 e. The van der Waals surface area contributed by atoms with Crippen LogP contribution in [0.3, 0.4) is 0 Å². The van der Waals surface area contributed by atoms with Crippen LogP contribution in [-0.2, 0) is 16.1 Å². The van der Waals surface area contributed by atoms with E-state index in [0.29, 0.717) is 6.54 Å². The number of amides is 1. The number of aliphatic carboxylic acids is 1. The Morgan fingerprint density at radius 3 is 2.37 bits per heavy atom. The summed E-state index contributed by atoms with van der Waals surface area (Å²) in [5.74, 6) is -1.41. The van der Waals surface area contributed by atoms with E-state index in [9.17, 15) is 19.8 Å². The van der Waals surface area contributed by atoms with E-state index >= 15 is 0 Å². The first kappa shape index (κ1) is 18.9. The highest BCUT2D eigenvalue weighted by molar-refractivity contribution is 5.85. The number of rotatable bonds is 5. The molecular weight excluding hydrogens is 344 g/mol. The van der Waals surface area contributed by atoms with Crippen LogP contribution in [0, 0.1) is 5.92 Å². The summed E-state index contributed by atoms with van der Waals surface area (Å²) < 4.78 is 0. The molecule has 3 rings (SSSR count). The van der Waals surface area contributed by atoms with Gasteiger partial charge in [-0.25, -0.2) is 0 Å². The zero-order valence-electron chi connectivity index (χ0n) is 15.4. The van der Waals surface area contributed by atoms with Crippen LogP contribution in [0.5, 0.6) is 5.75 Å². The number of benzene rings is 2. The molecule has 1 fully saturated rings. The van der Waals surface area contributed by atoms with Crippen LogP contribution >= 0.6 is 0 Å². The van der Waals surface area contributed by atoms with Crippen LogP contribution in [0.15, 0.2) is 54.6 Å². The maximum absolute atomic E-state index is 12.9. The molecule has 2 aromatic carbocycles. The van der Waals surface area contributed by atoms with E-state index in [1.165, 1.54) is 0 Å². The van der Waals surface area contributed by atoms with E-state index in [4.69, 9.17) is 0 Å². The molecule has 1 saturated heterocycles. The van der Waals surface area contributed by atoms with E-state index in [-0.39, 0.29) is 24.1 Å². The first-order chi connectivity index (χ1) is 12.8. The van der Waals surface area contributed by atoms with Crippen molar-refractivity contribution in [3.8, 4) is 5.75 Å². The number of likely N-dealkylation sites (N-methyl/N-ethyl adjacent to an activating group) is 1. The normalized spacial score (nSPS) is 25.3. The van der Waals surface area contributed by atoms with Crippen molar-refractivity contribution in [3.63, 3.8) is 0 Å². The molecule has 0 radical (unpaired) electrons.